The smallest absolute Gasteiger partial charge is 0.412 e. The zero-order valence-corrected chi connectivity index (χ0v) is 12.2. The topological polar surface area (TPSA) is 47.6 Å². The van der Waals surface area contributed by atoms with Gasteiger partial charge >= 0.3 is 6.09 Å². The van der Waals surface area contributed by atoms with E-state index in [9.17, 15) is 4.79 Å². The summed E-state index contributed by atoms with van der Waals surface area (Å²) >= 11 is 0. The van der Waals surface area contributed by atoms with Gasteiger partial charge in [0.25, 0.3) is 0 Å². The number of para-hydroxylation sites is 2. The van der Waals surface area contributed by atoms with Crippen LogP contribution in [0.3, 0.4) is 0 Å². The third-order valence-electron chi connectivity index (χ3n) is 3.13. The van der Waals surface area contributed by atoms with Gasteiger partial charge in [0.05, 0.1) is 7.11 Å². The molecule has 0 bridgehead atoms. The molecule has 110 valence electrons. The van der Waals surface area contributed by atoms with Gasteiger partial charge in [0.1, 0.15) is 11.9 Å². The fourth-order valence-corrected chi connectivity index (χ4v) is 2.10. The highest BCUT2D eigenvalue weighted by atomic mass is 16.6. The molecule has 1 amide bonds. The molecule has 2 rings (SSSR count). The van der Waals surface area contributed by atoms with Crippen molar-refractivity contribution in [3.05, 3.63) is 60.2 Å². The lowest BCUT2D eigenvalue weighted by Gasteiger charge is -2.19. The molecule has 1 unspecified atom stereocenters. The van der Waals surface area contributed by atoms with E-state index in [4.69, 9.17) is 9.47 Å². The molecule has 0 aliphatic carbocycles. The van der Waals surface area contributed by atoms with E-state index in [0.717, 1.165) is 11.3 Å². The van der Waals surface area contributed by atoms with Crippen molar-refractivity contribution in [1.29, 1.82) is 0 Å². The highest BCUT2D eigenvalue weighted by molar-refractivity contribution is 5.84. The van der Waals surface area contributed by atoms with Gasteiger partial charge in [-0.25, -0.2) is 4.79 Å². The lowest BCUT2D eigenvalue weighted by atomic mass is 10.1. The van der Waals surface area contributed by atoms with Gasteiger partial charge in [0, 0.05) is 11.3 Å². The molecule has 0 radical (unpaired) electrons. The Morgan fingerprint density at radius 3 is 2.43 bits per heavy atom. The van der Waals surface area contributed by atoms with Gasteiger partial charge in [-0.1, -0.05) is 43.3 Å². The maximum absolute atomic E-state index is 12.0. The second-order valence-corrected chi connectivity index (χ2v) is 4.54. The van der Waals surface area contributed by atoms with Gasteiger partial charge in [0.15, 0.2) is 0 Å². The molecule has 0 saturated carbocycles. The second kappa shape index (κ2) is 7.33. The van der Waals surface area contributed by atoms with Crippen LogP contribution < -0.4 is 10.1 Å². The molecule has 2 aromatic rings. The summed E-state index contributed by atoms with van der Waals surface area (Å²) in [5.74, 6) is 0.719. The quantitative estimate of drug-likeness (QED) is 0.886. The van der Waals surface area contributed by atoms with Crippen LogP contribution in [0.25, 0.3) is 0 Å². The Hall–Kier alpha value is -2.49. The van der Waals surface area contributed by atoms with Crippen LogP contribution in [0, 0.1) is 0 Å². The summed E-state index contributed by atoms with van der Waals surface area (Å²) in [7, 11) is 1.61. The lowest BCUT2D eigenvalue weighted by molar-refractivity contribution is 0.107. The summed E-state index contributed by atoms with van der Waals surface area (Å²) in [6.07, 6.45) is -0.147. The maximum Gasteiger partial charge on any atom is 0.412 e. The number of amides is 1. The third kappa shape index (κ3) is 3.99. The van der Waals surface area contributed by atoms with Crippen LogP contribution in [0.4, 0.5) is 10.5 Å². The molecule has 4 nitrogen and oxygen atoms in total. The Bertz CT molecular complexity index is 584. The van der Waals surface area contributed by atoms with Crippen molar-refractivity contribution >= 4 is 11.8 Å². The average molecular weight is 285 g/mol. The van der Waals surface area contributed by atoms with E-state index in [1.807, 2.05) is 61.5 Å². The predicted octanol–water partition coefficient (Wildman–Crippen LogP) is 4.40. The van der Waals surface area contributed by atoms with Crippen LogP contribution in [-0.4, -0.2) is 13.2 Å². The van der Waals surface area contributed by atoms with E-state index >= 15 is 0 Å². The van der Waals surface area contributed by atoms with Crippen LogP contribution in [0.15, 0.2) is 54.6 Å². The van der Waals surface area contributed by atoms with Crippen molar-refractivity contribution in [2.45, 2.75) is 19.4 Å². The van der Waals surface area contributed by atoms with Gasteiger partial charge < -0.3 is 9.47 Å². The Balaban J connectivity index is 2.07. The number of ether oxygens (including phenoxy) is 2. The molecule has 1 atom stereocenters. The molecule has 4 heteroatoms. The number of rotatable bonds is 5. The number of nitrogens with one attached hydrogen (secondary N) is 1. The zero-order chi connectivity index (χ0) is 15.1. The van der Waals surface area contributed by atoms with Crippen molar-refractivity contribution in [2.24, 2.45) is 0 Å². The van der Waals surface area contributed by atoms with Crippen LogP contribution in [0.1, 0.15) is 25.0 Å². The van der Waals surface area contributed by atoms with Gasteiger partial charge in [-0.3, -0.25) is 5.32 Å². The van der Waals surface area contributed by atoms with Crippen molar-refractivity contribution in [2.75, 3.05) is 12.4 Å². The Kier molecular flexibility index (Phi) is 5.21. The summed E-state index contributed by atoms with van der Waals surface area (Å²) in [5.41, 5.74) is 1.57. The van der Waals surface area contributed by atoms with Crippen LogP contribution in [-0.2, 0) is 4.74 Å². The maximum atomic E-state index is 12.0. The van der Waals surface area contributed by atoms with Gasteiger partial charge in [-0.05, 0) is 24.6 Å². The summed E-state index contributed by atoms with van der Waals surface area (Å²) in [6.45, 7) is 1.97. The molecule has 0 aliphatic heterocycles. The summed E-state index contributed by atoms with van der Waals surface area (Å²) in [5, 5.41) is 2.71. The summed E-state index contributed by atoms with van der Waals surface area (Å²) in [6, 6.07) is 16.8. The summed E-state index contributed by atoms with van der Waals surface area (Å²) in [4.78, 5) is 12.0. The second-order valence-electron chi connectivity index (χ2n) is 4.54. The number of methoxy groups -OCH3 is 1. The molecule has 0 heterocycles. The monoisotopic (exact) mass is 285 g/mol. The average Bonchev–Trinajstić information content (AvgIpc) is 2.53. The first-order valence-corrected chi connectivity index (χ1v) is 6.90. The molecule has 0 fully saturated rings. The van der Waals surface area contributed by atoms with Crippen molar-refractivity contribution in [1.82, 2.24) is 0 Å². The van der Waals surface area contributed by atoms with E-state index in [2.05, 4.69) is 5.32 Å². The van der Waals surface area contributed by atoms with Gasteiger partial charge in [-0.15, -0.1) is 0 Å². The Morgan fingerprint density at radius 2 is 1.76 bits per heavy atom. The first kappa shape index (κ1) is 14.9. The van der Waals surface area contributed by atoms with Crippen LogP contribution >= 0.6 is 0 Å². The minimum absolute atomic E-state index is 0.343. The van der Waals surface area contributed by atoms with E-state index < -0.39 is 6.09 Å². The first-order valence-electron chi connectivity index (χ1n) is 6.90. The normalized spacial score (nSPS) is 11.5. The molecule has 0 aliphatic rings. The number of benzene rings is 2. The number of anilines is 1. The highest BCUT2D eigenvalue weighted by Crippen LogP contribution is 2.29. The zero-order valence-electron chi connectivity index (χ0n) is 12.2. The molecule has 0 spiro atoms. The summed E-state index contributed by atoms with van der Waals surface area (Å²) < 4.78 is 10.8. The van der Waals surface area contributed by atoms with E-state index in [1.54, 1.807) is 7.11 Å². The molecule has 0 aromatic heterocycles. The molecule has 1 N–H and O–H groups in total. The van der Waals surface area contributed by atoms with Gasteiger partial charge in [0.2, 0.25) is 0 Å². The minimum atomic E-state index is -0.473. The van der Waals surface area contributed by atoms with Crippen molar-refractivity contribution < 1.29 is 14.3 Å². The first-order chi connectivity index (χ1) is 10.2. The fourth-order valence-electron chi connectivity index (χ4n) is 2.10. The van der Waals surface area contributed by atoms with Gasteiger partial charge in [-0.2, -0.15) is 0 Å². The number of carbonyl (C=O) groups excluding carboxylic acids is 1. The highest BCUT2D eigenvalue weighted by Gasteiger charge is 2.18. The molecular weight excluding hydrogens is 266 g/mol. The number of hydrogen-bond donors (Lipinski definition) is 1. The van der Waals surface area contributed by atoms with Crippen LogP contribution in [0.2, 0.25) is 0 Å². The Morgan fingerprint density at radius 1 is 1.10 bits per heavy atom. The molecule has 21 heavy (non-hydrogen) atoms. The van der Waals surface area contributed by atoms with E-state index in [-0.39, 0.29) is 6.10 Å². The lowest BCUT2D eigenvalue weighted by Crippen LogP contribution is -2.17. The van der Waals surface area contributed by atoms with Crippen LogP contribution in [0.5, 0.6) is 5.75 Å². The fraction of sp³-hybridized carbons (Fsp3) is 0.235. The SMILES string of the molecule is CCC(OC(=O)Nc1ccccc1)c1ccccc1OC. The predicted molar refractivity (Wildman–Crippen MR) is 82.6 cm³/mol. The number of hydrogen-bond acceptors (Lipinski definition) is 3. The number of carbonyl (C=O) groups is 1. The Labute approximate surface area is 124 Å². The van der Waals surface area contributed by atoms with Crippen molar-refractivity contribution in [3.63, 3.8) is 0 Å². The van der Waals surface area contributed by atoms with Crippen molar-refractivity contribution in [3.8, 4) is 5.75 Å². The largest absolute Gasteiger partial charge is 0.496 e. The molecule has 0 saturated heterocycles. The van der Waals surface area contributed by atoms with E-state index in [1.165, 1.54) is 0 Å². The minimum Gasteiger partial charge on any atom is -0.496 e. The third-order valence-corrected chi connectivity index (χ3v) is 3.13. The molecule has 2 aromatic carbocycles. The standard InChI is InChI=1S/C17H19NO3/c1-3-15(14-11-7-8-12-16(14)20-2)21-17(19)18-13-9-5-4-6-10-13/h4-12,15H,3H2,1-2H3,(H,18,19). The van der Waals surface area contributed by atoms with E-state index in [0.29, 0.717) is 12.1 Å². The molecular formula is C17H19NO3.